The second-order valence-corrected chi connectivity index (χ2v) is 6.91. The summed E-state index contributed by atoms with van der Waals surface area (Å²) in [6, 6.07) is 13.7. The van der Waals surface area contributed by atoms with Crippen LogP contribution in [0.3, 0.4) is 0 Å². The lowest BCUT2D eigenvalue weighted by Crippen LogP contribution is -2.24. The number of benzene rings is 2. The first-order valence-electron chi connectivity index (χ1n) is 6.96. The van der Waals surface area contributed by atoms with Crippen LogP contribution in [-0.2, 0) is 0 Å². The average Bonchev–Trinajstić information content (AvgIpc) is 2.99. The maximum atomic E-state index is 10.7. The Morgan fingerprint density at radius 2 is 1.96 bits per heavy atom. The van der Waals surface area contributed by atoms with Crippen molar-refractivity contribution in [1.29, 1.82) is 5.26 Å². The molecule has 6 nitrogen and oxygen atoms in total. The van der Waals surface area contributed by atoms with Gasteiger partial charge in [-0.2, -0.15) is 10.4 Å². The number of nitro benzene ring substituents is 1. The van der Waals surface area contributed by atoms with Crippen LogP contribution in [0.25, 0.3) is 0 Å². The molecule has 0 fully saturated rings. The van der Waals surface area contributed by atoms with Gasteiger partial charge in [-0.1, -0.05) is 15.9 Å². The molecule has 0 aliphatic carbocycles. The fraction of sp³-hybridized carbons (Fsp3) is 0.125. The smallest absolute Gasteiger partial charge is 0.258 e. The molecule has 1 atom stereocenters. The zero-order valence-electron chi connectivity index (χ0n) is 12.2. The van der Waals surface area contributed by atoms with Gasteiger partial charge in [0.2, 0.25) is 0 Å². The number of nitrogens with zero attached hydrogens (tertiary/aromatic N) is 4. The fourth-order valence-electron chi connectivity index (χ4n) is 2.45. The van der Waals surface area contributed by atoms with E-state index in [1.807, 2.05) is 18.2 Å². The minimum atomic E-state index is -0.441. The number of hydrogen-bond donors (Lipinski definition) is 0. The maximum Gasteiger partial charge on any atom is 0.269 e. The van der Waals surface area contributed by atoms with Crippen LogP contribution in [0.4, 0.5) is 11.4 Å². The highest BCUT2D eigenvalue weighted by atomic mass is 79.9. The lowest BCUT2D eigenvalue weighted by Gasteiger charge is -2.19. The molecule has 8 heteroatoms. The Hall–Kier alpha value is -2.24. The van der Waals surface area contributed by atoms with E-state index >= 15 is 0 Å². The van der Waals surface area contributed by atoms with Gasteiger partial charge >= 0.3 is 0 Å². The molecule has 3 rings (SSSR count). The third-order valence-corrected chi connectivity index (χ3v) is 4.76. The average molecular weight is 450 g/mol. The molecule has 2 aromatic carbocycles. The summed E-state index contributed by atoms with van der Waals surface area (Å²) in [5.41, 5.74) is 2.33. The van der Waals surface area contributed by atoms with E-state index in [9.17, 15) is 15.4 Å². The molecular weight excluding hydrogens is 440 g/mol. The summed E-state index contributed by atoms with van der Waals surface area (Å²) in [5, 5.41) is 26.4. The molecule has 0 radical (unpaired) electrons. The van der Waals surface area contributed by atoms with Gasteiger partial charge in [0, 0.05) is 27.5 Å². The van der Waals surface area contributed by atoms with Crippen LogP contribution in [0.5, 0.6) is 0 Å². The van der Waals surface area contributed by atoms with Crippen LogP contribution in [0.1, 0.15) is 12.0 Å². The Kier molecular flexibility index (Phi) is 4.64. The first kappa shape index (κ1) is 16.6. The fourth-order valence-corrected chi connectivity index (χ4v) is 3.68. The Morgan fingerprint density at radius 1 is 1.25 bits per heavy atom. The molecule has 0 aromatic heterocycles. The van der Waals surface area contributed by atoms with Crippen molar-refractivity contribution in [1.82, 2.24) is 0 Å². The summed E-state index contributed by atoms with van der Waals surface area (Å²) in [5.74, 6) is 0. The van der Waals surface area contributed by atoms with Crippen molar-refractivity contribution in [2.24, 2.45) is 5.10 Å². The van der Waals surface area contributed by atoms with Crippen molar-refractivity contribution in [2.45, 2.75) is 12.5 Å². The number of hydrogen-bond acceptors (Lipinski definition) is 5. The molecule has 0 spiro atoms. The van der Waals surface area contributed by atoms with Crippen LogP contribution < -0.4 is 5.01 Å². The number of non-ortho nitro benzene ring substituents is 1. The monoisotopic (exact) mass is 448 g/mol. The normalized spacial score (nSPS) is 16.6. The van der Waals surface area contributed by atoms with Crippen LogP contribution in [0.15, 0.2) is 56.5 Å². The van der Waals surface area contributed by atoms with Gasteiger partial charge in [0.1, 0.15) is 6.04 Å². The summed E-state index contributed by atoms with van der Waals surface area (Å²) in [7, 11) is 0. The van der Waals surface area contributed by atoms with E-state index in [0.29, 0.717) is 6.42 Å². The Balaban J connectivity index is 1.96. The summed E-state index contributed by atoms with van der Waals surface area (Å²) in [6.07, 6.45) is 0.455. The van der Waals surface area contributed by atoms with E-state index in [1.54, 1.807) is 17.1 Å². The van der Waals surface area contributed by atoms with Crippen LogP contribution in [-0.4, -0.2) is 16.7 Å². The largest absolute Gasteiger partial charge is 0.269 e. The predicted octanol–water partition coefficient (Wildman–Crippen LogP) is 4.63. The standard InChI is InChI=1S/C16H10Br2N4O2/c17-11-3-6-16(14(18)7-11)21-13(9-19)8-15(20-21)10-1-4-12(5-2-10)22(23)24/h1-7,13H,8H2. The summed E-state index contributed by atoms with van der Waals surface area (Å²) in [4.78, 5) is 10.3. The summed E-state index contributed by atoms with van der Waals surface area (Å²) >= 11 is 6.89. The Labute approximate surface area is 154 Å². The van der Waals surface area contributed by atoms with Crippen molar-refractivity contribution < 1.29 is 4.92 Å². The minimum Gasteiger partial charge on any atom is -0.258 e. The third-order valence-electron chi connectivity index (χ3n) is 3.63. The molecule has 0 saturated heterocycles. The molecule has 0 saturated carbocycles. The second-order valence-electron chi connectivity index (χ2n) is 5.14. The minimum absolute atomic E-state index is 0.0293. The van der Waals surface area contributed by atoms with Gasteiger partial charge in [-0.05, 0) is 51.8 Å². The molecule has 1 aliphatic rings. The number of nitro groups is 1. The molecule has 1 unspecified atom stereocenters. The second kappa shape index (κ2) is 6.71. The van der Waals surface area contributed by atoms with Crippen molar-refractivity contribution in [3.8, 4) is 6.07 Å². The van der Waals surface area contributed by atoms with Crippen LogP contribution in [0.2, 0.25) is 0 Å². The first-order chi connectivity index (χ1) is 11.5. The molecule has 2 aromatic rings. The zero-order chi connectivity index (χ0) is 17.3. The van der Waals surface area contributed by atoms with E-state index < -0.39 is 11.0 Å². The van der Waals surface area contributed by atoms with Gasteiger partial charge in [0.25, 0.3) is 5.69 Å². The molecule has 0 N–H and O–H groups in total. The van der Waals surface area contributed by atoms with Crippen molar-refractivity contribution in [3.63, 3.8) is 0 Å². The Bertz CT molecular complexity index is 875. The molecule has 1 aliphatic heterocycles. The number of hydrazone groups is 1. The number of nitriles is 1. The summed E-state index contributed by atoms with van der Waals surface area (Å²) < 4.78 is 1.75. The van der Waals surface area contributed by atoms with Gasteiger partial charge in [-0.25, -0.2) is 5.01 Å². The lowest BCUT2D eigenvalue weighted by molar-refractivity contribution is -0.384. The number of rotatable bonds is 3. The van der Waals surface area contributed by atoms with Gasteiger partial charge in [0.05, 0.1) is 22.4 Å². The summed E-state index contributed by atoms with van der Waals surface area (Å²) in [6.45, 7) is 0. The molecule has 0 amide bonds. The zero-order valence-corrected chi connectivity index (χ0v) is 15.4. The van der Waals surface area contributed by atoms with E-state index in [1.165, 1.54) is 12.1 Å². The van der Waals surface area contributed by atoms with Gasteiger partial charge in [-0.3, -0.25) is 10.1 Å². The SMILES string of the molecule is N#CC1CC(c2ccc([N+](=O)[O-])cc2)=NN1c1ccc(Br)cc1Br. The van der Waals surface area contributed by atoms with Crippen molar-refractivity contribution in [3.05, 3.63) is 67.1 Å². The third kappa shape index (κ3) is 3.18. The number of anilines is 1. The Morgan fingerprint density at radius 3 is 2.54 bits per heavy atom. The molecule has 24 heavy (non-hydrogen) atoms. The molecular formula is C16H10Br2N4O2. The van der Waals surface area contributed by atoms with Gasteiger partial charge in [0.15, 0.2) is 0 Å². The van der Waals surface area contributed by atoms with Gasteiger partial charge < -0.3 is 0 Å². The topological polar surface area (TPSA) is 82.5 Å². The highest BCUT2D eigenvalue weighted by Crippen LogP contribution is 2.34. The van der Waals surface area contributed by atoms with Crippen molar-refractivity contribution >= 4 is 48.9 Å². The predicted molar refractivity (Wildman–Crippen MR) is 98.0 cm³/mol. The van der Waals surface area contributed by atoms with Crippen LogP contribution in [0, 0.1) is 21.4 Å². The lowest BCUT2D eigenvalue weighted by atomic mass is 10.0. The van der Waals surface area contributed by atoms with E-state index in [0.717, 1.165) is 25.9 Å². The number of halogens is 2. The van der Waals surface area contributed by atoms with Crippen molar-refractivity contribution in [2.75, 3.05) is 5.01 Å². The van der Waals surface area contributed by atoms with Crippen LogP contribution >= 0.6 is 31.9 Å². The first-order valence-corrected chi connectivity index (χ1v) is 8.54. The maximum absolute atomic E-state index is 10.7. The highest BCUT2D eigenvalue weighted by Gasteiger charge is 2.29. The van der Waals surface area contributed by atoms with E-state index in [-0.39, 0.29) is 5.69 Å². The highest BCUT2D eigenvalue weighted by molar-refractivity contribution is 9.11. The molecule has 0 bridgehead atoms. The van der Waals surface area contributed by atoms with E-state index in [2.05, 4.69) is 43.0 Å². The molecule has 120 valence electrons. The van der Waals surface area contributed by atoms with E-state index in [4.69, 9.17) is 0 Å². The quantitative estimate of drug-likeness (QED) is 0.505. The molecule has 1 heterocycles. The van der Waals surface area contributed by atoms with Gasteiger partial charge in [-0.15, -0.1) is 0 Å².